The van der Waals surface area contributed by atoms with Crippen molar-refractivity contribution < 1.29 is 9.53 Å². The van der Waals surface area contributed by atoms with E-state index in [1.165, 1.54) is 6.33 Å². The lowest BCUT2D eigenvalue weighted by molar-refractivity contribution is 0.0732. The van der Waals surface area contributed by atoms with Crippen molar-refractivity contribution in [2.24, 2.45) is 0 Å². The number of amides is 1. The lowest BCUT2D eigenvalue weighted by atomic mass is 10.1. The maximum Gasteiger partial charge on any atom is 0.255 e. The molecule has 4 rings (SSSR count). The van der Waals surface area contributed by atoms with Gasteiger partial charge in [0.15, 0.2) is 0 Å². The zero-order valence-corrected chi connectivity index (χ0v) is 14.6. The van der Waals surface area contributed by atoms with E-state index in [1.54, 1.807) is 35.5 Å². The van der Waals surface area contributed by atoms with E-state index in [0.717, 1.165) is 11.3 Å². The number of carbonyl (C=O) groups is 1. The number of aromatic amines is 1. The Morgan fingerprint density at radius 1 is 1.26 bits per heavy atom. The minimum Gasteiger partial charge on any atom is -0.489 e. The Labute approximate surface area is 155 Å². The van der Waals surface area contributed by atoms with Gasteiger partial charge >= 0.3 is 0 Å². The number of H-pyrrole nitrogens is 1. The second-order valence-electron chi connectivity index (χ2n) is 6.31. The number of rotatable bonds is 4. The smallest absolute Gasteiger partial charge is 0.255 e. The van der Waals surface area contributed by atoms with Crippen LogP contribution in [-0.2, 0) is 19.6 Å². The van der Waals surface area contributed by atoms with Crippen LogP contribution in [0.1, 0.15) is 27.2 Å². The van der Waals surface area contributed by atoms with Gasteiger partial charge in [0, 0.05) is 36.5 Å². The van der Waals surface area contributed by atoms with Gasteiger partial charge in [-0.2, -0.15) is 0 Å². The molecule has 27 heavy (non-hydrogen) atoms. The predicted molar refractivity (Wildman–Crippen MR) is 98.3 cm³/mol. The predicted octanol–water partition coefficient (Wildman–Crippen LogP) is 1.94. The molecule has 1 amide bonds. The molecule has 3 heterocycles. The number of fused-ring (bicyclic) bond motifs is 1. The van der Waals surface area contributed by atoms with Gasteiger partial charge < -0.3 is 14.6 Å². The third kappa shape index (κ3) is 3.72. The first-order chi connectivity index (χ1) is 13.2. The molecule has 7 heteroatoms. The van der Waals surface area contributed by atoms with Gasteiger partial charge in [0.1, 0.15) is 12.4 Å². The number of aromatic nitrogens is 3. The van der Waals surface area contributed by atoms with Crippen LogP contribution < -0.4 is 10.3 Å². The summed E-state index contributed by atoms with van der Waals surface area (Å²) in [5.74, 6) is 0.484. The third-order valence-electron chi connectivity index (χ3n) is 4.50. The quantitative estimate of drug-likeness (QED) is 0.766. The zero-order chi connectivity index (χ0) is 18.6. The molecule has 0 atom stereocenters. The van der Waals surface area contributed by atoms with Crippen LogP contribution in [0.25, 0.3) is 0 Å². The molecule has 0 saturated carbocycles. The second kappa shape index (κ2) is 7.41. The maximum atomic E-state index is 12.9. The molecule has 0 unspecified atom stereocenters. The third-order valence-corrected chi connectivity index (χ3v) is 4.50. The molecular formula is C20H18N4O3. The fourth-order valence-electron chi connectivity index (χ4n) is 3.08. The highest BCUT2D eigenvalue weighted by Gasteiger charge is 2.24. The minimum atomic E-state index is -0.189. The number of ether oxygens (including phenoxy) is 1. The molecule has 136 valence electrons. The van der Waals surface area contributed by atoms with Crippen LogP contribution in [0.15, 0.2) is 59.9 Å². The molecule has 1 aliphatic heterocycles. The van der Waals surface area contributed by atoms with Crippen molar-refractivity contribution >= 4 is 5.91 Å². The molecule has 1 aromatic carbocycles. The van der Waals surface area contributed by atoms with E-state index in [1.807, 2.05) is 18.2 Å². The minimum absolute atomic E-state index is 0.129. The molecule has 0 spiro atoms. The van der Waals surface area contributed by atoms with Crippen LogP contribution in [0.5, 0.6) is 5.75 Å². The summed E-state index contributed by atoms with van der Waals surface area (Å²) in [6, 6.07) is 10.9. The fourth-order valence-corrected chi connectivity index (χ4v) is 3.08. The number of nitrogens with zero attached hydrogens (tertiary/aromatic N) is 3. The van der Waals surface area contributed by atoms with Gasteiger partial charge in [-0.1, -0.05) is 12.1 Å². The summed E-state index contributed by atoms with van der Waals surface area (Å²) in [5, 5.41) is 0. The molecule has 0 saturated heterocycles. The van der Waals surface area contributed by atoms with Crippen LogP contribution >= 0.6 is 0 Å². The molecule has 0 aliphatic carbocycles. The average Bonchev–Trinajstić information content (AvgIpc) is 2.73. The van der Waals surface area contributed by atoms with Gasteiger partial charge in [-0.25, -0.2) is 4.98 Å². The molecule has 1 N–H and O–H groups in total. The summed E-state index contributed by atoms with van der Waals surface area (Å²) >= 11 is 0. The van der Waals surface area contributed by atoms with Crippen molar-refractivity contribution in [3.05, 3.63) is 87.9 Å². The number of carbonyl (C=O) groups excluding carboxylic acids is 1. The van der Waals surface area contributed by atoms with E-state index in [-0.39, 0.29) is 18.0 Å². The zero-order valence-electron chi connectivity index (χ0n) is 14.6. The largest absolute Gasteiger partial charge is 0.489 e. The van der Waals surface area contributed by atoms with Crippen LogP contribution in [0, 0.1) is 0 Å². The first-order valence-corrected chi connectivity index (χ1v) is 8.67. The summed E-state index contributed by atoms with van der Waals surface area (Å²) in [6.07, 6.45) is 5.43. The van der Waals surface area contributed by atoms with Gasteiger partial charge in [-0.05, 0) is 24.3 Å². The number of hydrogen-bond acceptors (Lipinski definition) is 5. The maximum absolute atomic E-state index is 12.9. The van der Waals surface area contributed by atoms with Crippen molar-refractivity contribution in [1.82, 2.24) is 19.9 Å². The average molecular weight is 362 g/mol. The number of hydrogen-bond donors (Lipinski definition) is 1. The van der Waals surface area contributed by atoms with E-state index < -0.39 is 0 Å². The summed E-state index contributed by atoms with van der Waals surface area (Å²) < 4.78 is 5.77. The Balaban J connectivity index is 1.48. The number of pyridine rings is 1. The van der Waals surface area contributed by atoms with Gasteiger partial charge in [0.2, 0.25) is 0 Å². The molecule has 0 bridgehead atoms. The topological polar surface area (TPSA) is 88.2 Å². The van der Waals surface area contributed by atoms with Gasteiger partial charge in [-0.3, -0.25) is 14.6 Å². The van der Waals surface area contributed by atoms with Crippen LogP contribution in [-0.4, -0.2) is 32.3 Å². The summed E-state index contributed by atoms with van der Waals surface area (Å²) in [4.78, 5) is 37.3. The lowest BCUT2D eigenvalue weighted by Crippen LogP contribution is -2.39. The normalized spacial score (nSPS) is 13.1. The Kier molecular flexibility index (Phi) is 4.65. The van der Waals surface area contributed by atoms with E-state index >= 15 is 0 Å². The molecular weight excluding hydrogens is 344 g/mol. The van der Waals surface area contributed by atoms with E-state index in [4.69, 9.17) is 4.74 Å². The Morgan fingerprint density at radius 2 is 2.19 bits per heavy atom. The van der Waals surface area contributed by atoms with Crippen LogP contribution in [0.2, 0.25) is 0 Å². The molecule has 2 aromatic heterocycles. The van der Waals surface area contributed by atoms with Crippen molar-refractivity contribution in [3.8, 4) is 5.75 Å². The first kappa shape index (κ1) is 17.0. The summed E-state index contributed by atoms with van der Waals surface area (Å²) in [5.41, 5.74) is 2.61. The van der Waals surface area contributed by atoms with Gasteiger partial charge in [0.25, 0.3) is 11.5 Å². The molecule has 0 radical (unpaired) electrons. The van der Waals surface area contributed by atoms with Crippen LogP contribution in [0.3, 0.4) is 0 Å². The monoisotopic (exact) mass is 362 g/mol. The number of nitrogens with one attached hydrogen (secondary N) is 1. The SMILES string of the molecule is O=C(c1cccc(OCc2cccnc2)c1)N1CCc2nc[nH]c(=O)c2C1. The van der Waals surface area contributed by atoms with Crippen molar-refractivity contribution in [3.63, 3.8) is 0 Å². The van der Waals surface area contributed by atoms with E-state index in [9.17, 15) is 9.59 Å². The number of benzene rings is 1. The van der Waals surface area contributed by atoms with Crippen molar-refractivity contribution in [1.29, 1.82) is 0 Å². The standard InChI is InChI=1S/C20H18N4O3/c25-19-17-11-24(8-6-18(17)22-13-23-19)20(26)15-4-1-5-16(9-15)27-12-14-3-2-7-21-10-14/h1-5,7,9-10,13H,6,8,11-12H2,(H,22,23,25). The van der Waals surface area contributed by atoms with E-state index in [2.05, 4.69) is 15.0 Å². The lowest BCUT2D eigenvalue weighted by Gasteiger charge is -2.27. The van der Waals surface area contributed by atoms with Gasteiger partial charge in [0.05, 0.1) is 24.1 Å². The van der Waals surface area contributed by atoms with E-state index in [0.29, 0.717) is 36.4 Å². The van der Waals surface area contributed by atoms with Crippen molar-refractivity contribution in [2.75, 3.05) is 6.54 Å². The Hall–Kier alpha value is -3.48. The first-order valence-electron chi connectivity index (χ1n) is 8.67. The highest BCUT2D eigenvalue weighted by Crippen LogP contribution is 2.19. The molecule has 3 aromatic rings. The van der Waals surface area contributed by atoms with Crippen molar-refractivity contribution in [2.45, 2.75) is 19.6 Å². The molecule has 0 fully saturated rings. The molecule has 1 aliphatic rings. The molecule has 7 nitrogen and oxygen atoms in total. The van der Waals surface area contributed by atoms with Crippen LogP contribution in [0.4, 0.5) is 0 Å². The Bertz CT molecular complexity index is 1020. The summed E-state index contributed by atoms with van der Waals surface area (Å²) in [6.45, 7) is 1.17. The van der Waals surface area contributed by atoms with Gasteiger partial charge in [-0.15, -0.1) is 0 Å². The Morgan fingerprint density at radius 3 is 3.04 bits per heavy atom. The highest BCUT2D eigenvalue weighted by atomic mass is 16.5. The summed E-state index contributed by atoms with van der Waals surface area (Å²) in [7, 11) is 0. The fraction of sp³-hybridized carbons (Fsp3) is 0.200. The second-order valence-corrected chi connectivity index (χ2v) is 6.31. The highest BCUT2D eigenvalue weighted by molar-refractivity contribution is 5.94.